The van der Waals surface area contributed by atoms with Gasteiger partial charge in [0.25, 0.3) is 0 Å². The molecule has 0 aliphatic rings. The summed E-state index contributed by atoms with van der Waals surface area (Å²) in [6.45, 7) is 0. The quantitative estimate of drug-likeness (QED) is 0.239. The molecular formula is C36H23N3. The number of rotatable bonds is 3. The zero-order valence-corrected chi connectivity index (χ0v) is 20.3. The molecule has 0 amide bonds. The van der Waals surface area contributed by atoms with E-state index in [0.29, 0.717) is 22.3 Å². The van der Waals surface area contributed by atoms with Gasteiger partial charge in [0.2, 0.25) is 0 Å². The van der Waals surface area contributed by atoms with Crippen LogP contribution in [0, 0.1) is 0 Å². The highest BCUT2D eigenvalue weighted by Gasteiger charge is 2.18. The second-order valence-electron chi connectivity index (χ2n) is 9.17. The fraction of sp³-hybridized carbons (Fsp3) is 0. The summed E-state index contributed by atoms with van der Waals surface area (Å²) in [5, 5.41) is 4.33. The Morgan fingerprint density at radius 3 is 2.00 bits per heavy atom. The molecule has 3 nitrogen and oxygen atoms in total. The fourth-order valence-electron chi connectivity index (χ4n) is 5.19. The molecule has 0 spiro atoms. The first-order valence-electron chi connectivity index (χ1n) is 17.4. The number of fused-ring (bicyclic) bond motifs is 5. The normalized spacial score (nSPS) is 15.2. The zero-order chi connectivity index (χ0) is 34.5. The number of para-hydroxylation sites is 1. The Kier molecular flexibility index (Phi) is 3.11. The van der Waals surface area contributed by atoms with Gasteiger partial charge < -0.3 is 0 Å². The molecule has 0 aliphatic heterocycles. The Hall–Kier alpha value is -5.28. The third-order valence-electron chi connectivity index (χ3n) is 6.94. The Morgan fingerprint density at radius 2 is 1.21 bits per heavy atom. The fourth-order valence-corrected chi connectivity index (χ4v) is 5.19. The number of nitrogens with zero attached hydrogens (tertiary/aromatic N) is 3. The number of aromatic nitrogens is 3. The lowest BCUT2D eigenvalue weighted by Gasteiger charge is -2.14. The summed E-state index contributed by atoms with van der Waals surface area (Å²) < 4.78 is 85.8. The van der Waals surface area contributed by atoms with E-state index < -0.39 is 48.3 Å². The van der Waals surface area contributed by atoms with Gasteiger partial charge in [-0.25, -0.2) is 9.97 Å². The molecule has 0 atom stereocenters. The van der Waals surface area contributed by atoms with Crippen LogP contribution in [0.25, 0.3) is 71.8 Å². The summed E-state index contributed by atoms with van der Waals surface area (Å²) in [6, 6.07) is 20.2. The van der Waals surface area contributed by atoms with Crippen LogP contribution in [0.1, 0.15) is 13.7 Å². The molecule has 2 heterocycles. The van der Waals surface area contributed by atoms with Gasteiger partial charge in [-0.1, -0.05) is 109 Å². The van der Waals surface area contributed by atoms with E-state index in [-0.39, 0.29) is 29.0 Å². The first-order valence-corrected chi connectivity index (χ1v) is 12.4. The van der Waals surface area contributed by atoms with E-state index in [9.17, 15) is 0 Å². The lowest BCUT2D eigenvalue weighted by atomic mass is 10.0. The monoisotopic (exact) mass is 507 g/mol. The third-order valence-corrected chi connectivity index (χ3v) is 6.94. The van der Waals surface area contributed by atoms with Crippen LogP contribution in [0.2, 0.25) is 0 Å². The molecule has 8 rings (SSSR count). The van der Waals surface area contributed by atoms with Crippen LogP contribution in [0.15, 0.2) is 139 Å². The summed E-state index contributed by atoms with van der Waals surface area (Å²) in [5.74, 6) is 0.240. The van der Waals surface area contributed by atoms with Crippen LogP contribution in [0.4, 0.5) is 0 Å². The van der Waals surface area contributed by atoms with Gasteiger partial charge in [-0.2, -0.15) is 0 Å². The first kappa shape index (κ1) is 14.0. The van der Waals surface area contributed by atoms with Crippen LogP contribution in [-0.2, 0) is 0 Å². The lowest BCUT2D eigenvalue weighted by Crippen LogP contribution is -2.03. The standard InChI is InChI=1S/C36H23N3/c1-3-11-24(12-4-1)28-19-20-32-31(22-28)36(38-35(37-32)25-13-5-2-6-14-25)39-33-18-10-9-17-29(33)30-21-26-15-7-8-16-27(26)23-34(30)39/h1-23H/i1D,2D,3D,4D,5D,6D,11D,12D,13D,14D. The SMILES string of the molecule is [2H]c1c([2H])c([2H])c(-c2ccc3nc(-c4c([2H])c([2H])c([2H])c([2H])c4[2H])nc(-n4c5ccccc5c5cc6ccccc6cc54)c3c2)c([2H])c1[2H]. The van der Waals surface area contributed by atoms with E-state index in [2.05, 4.69) is 6.07 Å². The van der Waals surface area contributed by atoms with E-state index in [4.69, 9.17) is 23.7 Å². The van der Waals surface area contributed by atoms with Crippen molar-refractivity contribution in [2.75, 3.05) is 0 Å². The molecule has 182 valence electrons. The minimum Gasteiger partial charge on any atom is -0.293 e. The molecule has 0 saturated heterocycles. The Bertz CT molecular complexity index is 2680. The van der Waals surface area contributed by atoms with Gasteiger partial charge in [0, 0.05) is 21.7 Å². The van der Waals surface area contributed by atoms with E-state index in [1.165, 1.54) is 0 Å². The number of benzene rings is 6. The topological polar surface area (TPSA) is 30.7 Å². The molecule has 0 fully saturated rings. The number of hydrogen-bond acceptors (Lipinski definition) is 2. The van der Waals surface area contributed by atoms with Crippen LogP contribution in [0.5, 0.6) is 0 Å². The van der Waals surface area contributed by atoms with Gasteiger partial charge in [0.05, 0.1) is 30.3 Å². The second-order valence-corrected chi connectivity index (χ2v) is 9.17. The van der Waals surface area contributed by atoms with Crippen LogP contribution < -0.4 is 0 Å². The Morgan fingerprint density at radius 1 is 0.513 bits per heavy atom. The molecule has 2 aromatic heterocycles. The van der Waals surface area contributed by atoms with Gasteiger partial charge in [-0.3, -0.25) is 4.57 Å². The summed E-state index contributed by atoms with van der Waals surface area (Å²) in [7, 11) is 0. The molecule has 39 heavy (non-hydrogen) atoms. The molecule has 0 bridgehead atoms. The smallest absolute Gasteiger partial charge is 0.162 e. The molecular weight excluding hydrogens is 474 g/mol. The lowest BCUT2D eigenvalue weighted by molar-refractivity contribution is 1.08. The van der Waals surface area contributed by atoms with Crippen molar-refractivity contribution in [1.29, 1.82) is 0 Å². The minimum atomic E-state index is -0.530. The molecule has 0 N–H and O–H groups in total. The average molecular weight is 508 g/mol. The molecule has 3 heteroatoms. The van der Waals surface area contributed by atoms with Crippen molar-refractivity contribution in [3.05, 3.63) is 139 Å². The first-order chi connectivity index (χ1) is 23.5. The highest BCUT2D eigenvalue weighted by Crippen LogP contribution is 2.37. The predicted molar refractivity (Wildman–Crippen MR) is 162 cm³/mol. The molecule has 8 aromatic rings. The average Bonchev–Trinajstić information content (AvgIpc) is 3.43. The maximum atomic E-state index is 8.68. The maximum Gasteiger partial charge on any atom is 0.162 e. The molecule has 0 radical (unpaired) electrons. The summed E-state index contributed by atoms with van der Waals surface area (Å²) in [6.07, 6.45) is 0. The van der Waals surface area contributed by atoms with Crippen molar-refractivity contribution in [1.82, 2.24) is 14.5 Å². The van der Waals surface area contributed by atoms with Crippen molar-refractivity contribution >= 4 is 43.5 Å². The Labute approximate surface area is 239 Å². The molecule has 0 unspecified atom stereocenters. The summed E-state index contributed by atoms with van der Waals surface area (Å²) in [4.78, 5) is 9.64. The van der Waals surface area contributed by atoms with Gasteiger partial charge >= 0.3 is 0 Å². The highest BCUT2D eigenvalue weighted by molar-refractivity contribution is 6.14. The molecule has 0 saturated carbocycles. The van der Waals surface area contributed by atoms with E-state index >= 15 is 0 Å². The van der Waals surface area contributed by atoms with Crippen LogP contribution >= 0.6 is 0 Å². The van der Waals surface area contributed by atoms with Crippen LogP contribution in [0.3, 0.4) is 0 Å². The third kappa shape index (κ3) is 3.52. The maximum absolute atomic E-state index is 8.68. The largest absolute Gasteiger partial charge is 0.293 e. The van der Waals surface area contributed by atoms with E-state index in [0.717, 1.165) is 32.6 Å². The van der Waals surface area contributed by atoms with Crippen molar-refractivity contribution in [2.45, 2.75) is 0 Å². The predicted octanol–water partition coefficient (Wildman–Crippen LogP) is 9.21. The molecule has 6 aromatic carbocycles. The van der Waals surface area contributed by atoms with Crippen molar-refractivity contribution in [3.63, 3.8) is 0 Å². The van der Waals surface area contributed by atoms with Gasteiger partial charge in [0.15, 0.2) is 5.82 Å². The van der Waals surface area contributed by atoms with Gasteiger partial charge in [-0.15, -0.1) is 0 Å². The van der Waals surface area contributed by atoms with Gasteiger partial charge in [0.1, 0.15) is 5.82 Å². The molecule has 0 aliphatic carbocycles. The Balaban J connectivity index is 1.54. The zero-order valence-electron chi connectivity index (χ0n) is 30.3. The van der Waals surface area contributed by atoms with Crippen molar-refractivity contribution < 1.29 is 13.7 Å². The van der Waals surface area contributed by atoms with Crippen molar-refractivity contribution in [3.8, 4) is 28.3 Å². The summed E-state index contributed by atoms with van der Waals surface area (Å²) >= 11 is 0. The number of hydrogen-bond donors (Lipinski definition) is 0. The van der Waals surface area contributed by atoms with Gasteiger partial charge in [-0.05, 0) is 52.2 Å². The highest BCUT2D eigenvalue weighted by atomic mass is 15.1. The van der Waals surface area contributed by atoms with E-state index in [1.807, 2.05) is 59.2 Å². The second kappa shape index (κ2) is 8.64. The van der Waals surface area contributed by atoms with Crippen molar-refractivity contribution in [2.24, 2.45) is 0 Å². The summed E-state index contributed by atoms with van der Waals surface area (Å²) in [5.41, 5.74) is 2.13. The minimum absolute atomic E-state index is 0.0155. The van der Waals surface area contributed by atoms with E-state index in [1.54, 1.807) is 18.2 Å². The van der Waals surface area contributed by atoms with Crippen LogP contribution in [-0.4, -0.2) is 14.5 Å².